The van der Waals surface area contributed by atoms with Gasteiger partial charge < -0.3 is 4.90 Å². The molecule has 3 aliphatic rings. The highest BCUT2D eigenvalue weighted by atomic mass is 15.1. The Labute approximate surface area is 343 Å². The van der Waals surface area contributed by atoms with Gasteiger partial charge in [-0.1, -0.05) is 181 Å². The highest BCUT2D eigenvalue weighted by Crippen LogP contribution is 2.55. The minimum absolute atomic E-state index is 0.0269. The fourth-order valence-electron chi connectivity index (χ4n) is 10.9. The molecule has 0 unspecified atom stereocenters. The van der Waals surface area contributed by atoms with Crippen LogP contribution in [-0.4, -0.2) is 0 Å². The number of anilines is 3. The average molecular weight is 746 g/mol. The van der Waals surface area contributed by atoms with Crippen LogP contribution < -0.4 is 4.90 Å². The highest BCUT2D eigenvalue weighted by molar-refractivity contribution is 5.99. The molecule has 1 heteroatoms. The van der Waals surface area contributed by atoms with Gasteiger partial charge in [0.05, 0.1) is 5.69 Å². The number of rotatable bonds is 5. The van der Waals surface area contributed by atoms with E-state index in [1.54, 1.807) is 0 Å². The molecule has 0 heterocycles. The van der Waals surface area contributed by atoms with Crippen molar-refractivity contribution in [3.05, 3.63) is 209 Å². The van der Waals surface area contributed by atoms with Crippen LogP contribution in [0, 0.1) is 0 Å². The molecular weight excluding hydrogens is 699 g/mol. The van der Waals surface area contributed by atoms with Gasteiger partial charge in [0, 0.05) is 33.2 Å². The molecule has 0 atom stereocenters. The van der Waals surface area contributed by atoms with Crippen LogP contribution in [0.25, 0.3) is 55.6 Å². The van der Waals surface area contributed by atoms with Crippen molar-refractivity contribution in [2.24, 2.45) is 0 Å². The van der Waals surface area contributed by atoms with Crippen LogP contribution in [0.3, 0.4) is 0 Å². The molecule has 8 aromatic rings. The molecule has 280 valence electrons. The first kappa shape index (κ1) is 34.8. The third kappa shape index (κ3) is 4.83. The molecule has 8 aromatic carbocycles. The Balaban J connectivity index is 1.13. The predicted octanol–water partition coefficient (Wildman–Crippen LogP) is 15.4. The molecule has 3 aliphatic carbocycles. The number of hydrogen-bond donors (Lipinski definition) is 0. The maximum Gasteiger partial charge on any atom is 0.0540 e. The van der Waals surface area contributed by atoms with Crippen molar-refractivity contribution < 1.29 is 0 Å². The maximum absolute atomic E-state index is 2.50. The molecular formula is C57H47N. The van der Waals surface area contributed by atoms with E-state index in [0.29, 0.717) is 0 Å². The van der Waals surface area contributed by atoms with Gasteiger partial charge in [-0.2, -0.15) is 0 Å². The number of hydrogen-bond acceptors (Lipinski definition) is 1. The number of para-hydroxylation sites is 1. The third-order valence-corrected chi connectivity index (χ3v) is 13.9. The van der Waals surface area contributed by atoms with Gasteiger partial charge in [0.1, 0.15) is 0 Å². The van der Waals surface area contributed by atoms with Crippen LogP contribution in [0.4, 0.5) is 17.1 Å². The lowest BCUT2D eigenvalue weighted by Crippen LogP contribution is -2.16. The summed E-state index contributed by atoms with van der Waals surface area (Å²) in [6, 6.07) is 66.3. The number of benzene rings is 8. The Morgan fingerprint density at radius 3 is 1.43 bits per heavy atom. The van der Waals surface area contributed by atoms with Crippen molar-refractivity contribution in [2.75, 3.05) is 4.90 Å². The highest BCUT2D eigenvalue weighted by Gasteiger charge is 2.39. The lowest BCUT2D eigenvalue weighted by atomic mass is 9.82. The molecule has 58 heavy (non-hydrogen) atoms. The lowest BCUT2D eigenvalue weighted by molar-refractivity contribution is 0.660. The summed E-state index contributed by atoms with van der Waals surface area (Å²) < 4.78 is 0. The maximum atomic E-state index is 2.50. The van der Waals surface area contributed by atoms with Crippen LogP contribution in [0.15, 0.2) is 176 Å². The third-order valence-electron chi connectivity index (χ3n) is 13.9. The van der Waals surface area contributed by atoms with Crippen LogP contribution >= 0.6 is 0 Å². The molecule has 0 saturated carbocycles. The van der Waals surface area contributed by atoms with Gasteiger partial charge in [0.25, 0.3) is 0 Å². The summed E-state index contributed by atoms with van der Waals surface area (Å²) in [6.07, 6.45) is 0. The second kappa shape index (κ2) is 12.3. The Kier molecular flexibility index (Phi) is 7.36. The van der Waals surface area contributed by atoms with Crippen LogP contribution in [-0.2, 0) is 16.2 Å². The summed E-state index contributed by atoms with van der Waals surface area (Å²) in [5.74, 6) is 0. The van der Waals surface area contributed by atoms with Crippen molar-refractivity contribution in [1.82, 2.24) is 0 Å². The number of nitrogens with zero attached hydrogens (tertiary/aromatic N) is 1. The molecule has 0 N–H and O–H groups in total. The Morgan fingerprint density at radius 1 is 0.293 bits per heavy atom. The van der Waals surface area contributed by atoms with Crippen LogP contribution in [0.1, 0.15) is 74.9 Å². The number of fused-ring (bicyclic) bond motifs is 9. The van der Waals surface area contributed by atoms with E-state index in [9.17, 15) is 0 Å². The zero-order valence-corrected chi connectivity index (χ0v) is 34.2. The molecule has 0 spiro atoms. The van der Waals surface area contributed by atoms with E-state index in [1.807, 2.05) is 0 Å². The van der Waals surface area contributed by atoms with Crippen molar-refractivity contribution in [1.29, 1.82) is 0 Å². The van der Waals surface area contributed by atoms with Crippen molar-refractivity contribution in [3.63, 3.8) is 0 Å². The Bertz CT molecular complexity index is 2990. The van der Waals surface area contributed by atoms with Crippen molar-refractivity contribution in [2.45, 2.75) is 57.8 Å². The zero-order valence-electron chi connectivity index (χ0n) is 34.2. The summed E-state index contributed by atoms with van der Waals surface area (Å²) in [5.41, 5.74) is 24.5. The summed E-state index contributed by atoms with van der Waals surface area (Å²) in [4.78, 5) is 2.50. The quantitative estimate of drug-likeness (QED) is 0.170. The fourth-order valence-corrected chi connectivity index (χ4v) is 10.9. The minimum Gasteiger partial charge on any atom is -0.310 e. The molecule has 0 bridgehead atoms. The summed E-state index contributed by atoms with van der Waals surface area (Å²) in [5, 5.41) is 0. The molecule has 0 amide bonds. The van der Waals surface area contributed by atoms with Gasteiger partial charge in [-0.25, -0.2) is 0 Å². The molecule has 1 nitrogen and oxygen atoms in total. The van der Waals surface area contributed by atoms with Gasteiger partial charge >= 0.3 is 0 Å². The van der Waals surface area contributed by atoms with Crippen molar-refractivity contribution in [3.8, 4) is 55.6 Å². The average Bonchev–Trinajstić information content (AvgIpc) is 3.74. The van der Waals surface area contributed by atoms with E-state index in [2.05, 4.69) is 222 Å². The molecule has 11 rings (SSSR count). The Hall–Kier alpha value is -6.44. The predicted molar refractivity (Wildman–Crippen MR) is 245 cm³/mol. The van der Waals surface area contributed by atoms with E-state index in [1.165, 1.54) is 89.0 Å². The molecule has 0 radical (unpaired) electrons. The molecule has 0 saturated heterocycles. The topological polar surface area (TPSA) is 3.24 Å². The molecule has 0 aromatic heterocycles. The van der Waals surface area contributed by atoms with E-state index < -0.39 is 0 Å². The smallest absolute Gasteiger partial charge is 0.0540 e. The SMILES string of the molecule is CC1(C)c2ccccc2-c2cc(-c3cccc(N(c4ccc5c(c4)-c4ccccc4C5(C)C)c4ccccc4-c4cccc5c4-c4ccccc4C5(C)C)c3)ccc21. The van der Waals surface area contributed by atoms with Gasteiger partial charge in [0.2, 0.25) is 0 Å². The standard InChI is InChI=1S/C57H47N/c1-55(2)47-24-11-7-19-40(47)45-34-37(29-31-50(45)55)36-17-15-18-38(33-36)58(39-30-32-51-46(35-39)41-20-8-12-25-48(41)56(51,3)4)53-28-14-10-21-42(53)43-23-16-27-52-54(43)44-22-9-13-26-49(44)57(52,5)6/h7-35H,1-6H3. The second-order valence-electron chi connectivity index (χ2n) is 18.1. The summed E-state index contributed by atoms with van der Waals surface area (Å²) in [6.45, 7) is 14.2. The second-order valence-corrected chi connectivity index (χ2v) is 18.1. The first-order valence-electron chi connectivity index (χ1n) is 20.8. The summed E-state index contributed by atoms with van der Waals surface area (Å²) >= 11 is 0. The van der Waals surface area contributed by atoms with Crippen LogP contribution in [0.5, 0.6) is 0 Å². The van der Waals surface area contributed by atoms with Gasteiger partial charge in [-0.05, 0) is 120 Å². The van der Waals surface area contributed by atoms with E-state index >= 15 is 0 Å². The van der Waals surface area contributed by atoms with Crippen molar-refractivity contribution >= 4 is 17.1 Å². The first-order valence-corrected chi connectivity index (χ1v) is 20.8. The first-order chi connectivity index (χ1) is 28.0. The van der Waals surface area contributed by atoms with E-state index in [-0.39, 0.29) is 16.2 Å². The zero-order chi connectivity index (χ0) is 39.6. The monoisotopic (exact) mass is 745 g/mol. The van der Waals surface area contributed by atoms with Gasteiger partial charge in [-0.3, -0.25) is 0 Å². The van der Waals surface area contributed by atoms with Gasteiger partial charge in [0.15, 0.2) is 0 Å². The minimum atomic E-state index is -0.0866. The largest absolute Gasteiger partial charge is 0.310 e. The molecule has 0 fully saturated rings. The fraction of sp³-hybridized carbons (Fsp3) is 0.158. The van der Waals surface area contributed by atoms with Gasteiger partial charge in [-0.15, -0.1) is 0 Å². The summed E-state index contributed by atoms with van der Waals surface area (Å²) in [7, 11) is 0. The lowest BCUT2D eigenvalue weighted by Gasteiger charge is -2.30. The molecule has 0 aliphatic heterocycles. The normalized spacial score (nSPS) is 15.5. The Morgan fingerprint density at radius 2 is 0.741 bits per heavy atom. The van der Waals surface area contributed by atoms with E-state index in [4.69, 9.17) is 0 Å². The van der Waals surface area contributed by atoms with E-state index in [0.717, 1.165) is 17.1 Å². The van der Waals surface area contributed by atoms with Crippen LogP contribution in [0.2, 0.25) is 0 Å².